The third-order valence-electron chi connectivity index (χ3n) is 2.32. The lowest BCUT2D eigenvalue weighted by atomic mass is 10.1. The minimum absolute atomic E-state index is 0.172. The Kier molecular flexibility index (Phi) is 3.52. The van der Waals surface area contributed by atoms with Gasteiger partial charge in [0.1, 0.15) is 5.82 Å². The molecule has 0 spiro atoms. The zero-order valence-corrected chi connectivity index (χ0v) is 10.3. The van der Waals surface area contributed by atoms with Crippen molar-refractivity contribution in [2.24, 2.45) is 0 Å². The highest BCUT2D eigenvalue weighted by Gasteiger charge is 2.10. The van der Waals surface area contributed by atoms with Gasteiger partial charge in [-0.2, -0.15) is 0 Å². The quantitative estimate of drug-likeness (QED) is 0.688. The molecule has 2 aromatic carbocycles. The summed E-state index contributed by atoms with van der Waals surface area (Å²) in [6, 6.07) is 12.9. The fourth-order valence-electron chi connectivity index (χ4n) is 1.51. The first kappa shape index (κ1) is 11.5. The van der Waals surface area contributed by atoms with Crippen molar-refractivity contribution in [2.75, 3.05) is 6.26 Å². The Morgan fingerprint density at radius 1 is 1.12 bits per heavy atom. The number of hydrogen-bond donors (Lipinski definition) is 0. The number of thioether (sulfide) groups is 1. The molecule has 0 saturated heterocycles. The molecular formula is C13H10ClFS. The average Bonchev–Trinajstić information content (AvgIpc) is 2.33. The minimum Gasteiger partial charge on any atom is -0.205 e. The van der Waals surface area contributed by atoms with Crippen molar-refractivity contribution in [1.82, 2.24) is 0 Å². The van der Waals surface area contributed by atoms with Gasteiger partial charge >= 0.3 is 0 Å². The van der Waals surface area contributed by atoms with Crippen molar-refractivity contribution in [1.29, 1.82) is 0 Å². The summed E-state index contributed by atoms with van der Waals surface area (Å²) in [6.07, 6.45) is 1.94. The van der Waals surface area contributed by atoms with Gasteiger partial charge in [0.2, 0.25) is 0 Å². The van der Waals surface area contributed by atoms with Crippen LogP contribution in [0.4, 0.5) is 4.39 Å². The van der Waals surface area contributed by atoms with E-state index in [9.17, 15) is 4.39 Å². The van der Waals surface area contributed by atoms with Gasteiger partial charge in [0.15, 0.2) is 0 Å². The maximum Gasteiger partial charge on any atom is 0.149 e. The van der Waals surface area contributed by atoms with Gasteiger partial charge in [-0.05, 0) is 24.0 Å². The van der Waals surface area contributed by atoms with Crippen LogP contribution >= 0.6 is 23.4 Å². The molecule has 0 aromatic heterocycles. The van der Waals surface area contributed by atoms with E-state index < -0.39 is 0 Å². The Morgan fingerprint density at radius 2 is 1.81 bits per heavy atom. The molecule has 0 saturated carbocycles. The second-order valence-corrected chi connectivity index (χ2v) is 4.62. The van der Waals surface area contributed by atoms with Crippen LogP contribution in [0.1, 0.15) is 0 Å². The van der Waals surface area contributed by atoms with Crippen LogP contribution in [-0.4, -0.2) is 6.26 Å². The van der Waals surface area contributed by atoms with E-state index in [1.165, 1.54) is 0 Å². The molecule has 0 radical (unpaired) electrons. The smallest absolute Gasteiger partial charge is 0.149 e. The molecule has 2 rings (SSSR count). The summed E-state index contributed by atoms with van der Waals surface area (Å²) < 4.78 is 13.9. The second kappa shape index (κ2) is 4.89. The van der Waals surface area contributed by atoms with E-state index in [0.717, 1.165) is 10.5 Å². The topological polar surface area (TPSA) is 0 Å². The summed E-state index contributed by atoms with van der Waals surface area (Å²) in [5.41, 5.74) is 1.40. The van der Waals surface area contributed by atoms with E-state index >= 15 is 0 Å². The Bertz CT molecular complexity index is 497. The number of benzene rings is 2. The molecule has 0 fully saturated rings. The first-order valence-electron chi connectivity index (χ1n) is 4.81. The standard InChI is InChI=1S/C13H10ClFS/c1-16-10-7-11(13(15)12(14)8-10)9-5-3-2-4-6-9/h2-8H,1H3. The fourth-order valence-corrected chi connectivity index (χ4v) is 2.27. The Morgan fingerprint density at radius 3 is 2.44 bits per heavy atom. The van der Waals surface area contributed by atoms with Gasteiger partial charge in [0.05, 0.1) is 5.02 Å². The van der Waals surface area contributed by atoms with Crippen LogP contribution in [-0.2, 0) is 0 Å². The van der Waals surface area contributed by atoms with Crippen LogP contribution in [0.2, 0.25) is 5.02 Å². The third-order valence-corrected chi connectivity index (χ3v) is 3.30. The Balaban J connectivity index is 2.60. The number of rotatable bonds is 2. The zero-order chi connectivity index (χ0) is 11.5. The van der Waals surface area contributed by atoms with Gasteiger partial charge in [0, 0.05) is 10.5 Å². The van der Waals surface area contributed by atoms with Gasteiger partial charge in [-0.3, -0.25) is 0 Å². The minimum atomic E-state index is -0.356. The lowest BCUT2D eigenvalue weighted by Gasteiger charge is -2.07. The van der Waals surface area contributed by atoms with Gasteiger partial charge < -0.3 is 0 Å². The molecule has 0 unspecified atom stereocenters. The van der Waals surface area contributed by atoms with E-state index in [2.05, 4.69) is 0 Å². The summed E-state index contributed by atoms with van der Waals surface area (Å²) in [4.78, 5) is 0.963. The van der Waals surface area contributed by atoms with Crippen LogP contribution in [0.5, 0.6) is 0 Å². The molecular weight excluding hydrogens is 243 g/mol. The van der Waals surface area contributed by atoms with E-state index in [1.807, 2.05) is 42.7 Å². The van der Waals surface area contributed by atoms with E-state index in [-0.39, 0.29) is 10.8 Å². The molecule has 0 N–H and O–H groups in total. The van der Waals surface area contributed by atoms with Crippen LogP contribution in [0.25, 0.3) is 11.1 Å². The molecule has 0 aliphatic rings. The van der Waals surface area contributed by atoms with Crippen molar-refractivity contribution in [3.05, 3.63) is 53.3 Å². The fraction of sp³-hybridized carbons (Fsp3) is 0.0769. The second-order valence-electron chi connectivity index (χ2n) is 3.34. The summed E-state index contributed by atoms with van der Waals surface area (Å²) in [6.45, 7) is 0. The first-order chi connectivity index (χ1) is 7.72. The molecule has 16 heavy (non-hydrogen) atoms. The predicted molar refractivity (Wildman–Crippen MR) is 68.6 cm³/mol. The lowest BCUT2D eigenvalue weighted by Crippen LogP contribution is -1.87. The van der Waals surface area contributed by atoms with Crippen LogP contribution < -0.4 is 0 Å². The van der Waals surface area contributed by atoms with Crippen LogP contribution in [0.15, 0.2) is 47.4 Å². The Hall–Kier alpha value is -0.990. The zero-order valence-electron chi connectivity index (χ0n) is 8.71. The van der Waals surface area contributed by atoms with Gasteiger partial charge in [-0.1, -0.05) is 41.9 Å². The predicted octanol–water partition coefficient (Wildman–Crippen LogP) is 4.87. The molecule has 3 heteroatoms. The maximum absolute atomic E-state index is 13.9. The van der Waals surface area contributed by atoms with Gasteiger partial charge in [0.25, 0.3) is 0 Å². The monoisotopic (exact) mass is 252 g/mol. The normalized spacial score (nSPS) is 10.4. The summed E-state index contributed by atoms with van der Waals surface area (Å²) in [5, 5.41) is 0.172. The molecule has 0 bridgehead atoms. The van der Waals surface area contributed by atoms with Crippen LogP contribution in [0.3, 0.4) is 0 Å². The molecule has 0 heterocycles. The highest BCUT2D eigenvalue weighted by atomic mass is 35.5. The first-order valence-corrected chi connectivity index (χ1v) is 6.41. The van der Waals surface area contributed by atoms with Crippen molar-refractivity contribution in [3.8, 4) is 11.1 Å². The van der Waals surface area contributed by atoms with Crippen molar-refractivity contribution in [3.63, 3.8) is 0 Å². The molecule has 0 atom stereocenters. The number of halogens is 2. The van der Waals surface area contributed by atoms with E-state index in [4.69, 9.17) is 11.6 Å². The largest absolute Gasteiger partial charge is 0.205 e. The molecule has 0 amide bonds. The van der Waals surface area contributed by atoms with Crippen molar-refractivity contribution < 1.29 is 4.39 Å². The van der Waals surface area contributed by atoms with Gasteiger partial charge in [-0.15, -0.1) is 11.8 Å². The third kappa shape index (κ3) is 2.23. The van der Waals surface area contributed by atoms with E-state index in [1.54, 1.807) is 17.8 Å². The highest BCUT2D eigenvalue weighted by Crippen LogP contribution is 2.32. The molecule has 0 aliphatic heterocycles. The van der Waals surface area contributed by atoms with Gasteiger partial charge in [-0.25, -0.2) is 4.39 Å². The van der Waals surface area contributed by atoms with E-state index in [0.29, 0.717) is 5.56 Å². The molecule has 2 aromatic rings. The summed E-state index contributed by atoms with van der Waals surface area (Å²) in [7, 11) is 0. The number of hydrogen-bond acceptors (Lipinski definition) is 1. The Labute approximate surface area is 103 Å². The summed E-state index contributed by atoms with van der Waals surface area (Å²) in [5.74, 6) is -0.356. The molecule has 0 nitrogen and oxygen atoms in total. The SMILES string of the molecule is CSc1cc(Cl)c(F)c(-c2ccccc2)c1. The maximum atomic E-state index is 13.9. The highest BCUT2D eigenvalue weighted by molar-refractivity contribution is 7.98. The van der Waals surface area contributed by atoms with Crippen LogP contribution in [0, 0.1) is 5.82 Å². The van der Waals surface area contributed by atoms with Crippen molar-refractivity contribution in [2.45, 2.75) is 4.90 Å². The van der Waals surface area contributed by atoms with Crippen molar-refractivity contribution >= 4 is 23.4 Å². The molecule has 82 valence electrons. The average molecular weight is 253 g/mol. The molecule has 0 aliphatic carbocycles. The summed E-state index contributed by atoms with van der Waals surface area (Å²) >= 11 is 7.41. The lowest BCUT2D eigenvalue weighted by molar-refractivity contribution is 0.630.